The Bertz CT molecular complexity index is 793. The fourth-order valence-electron chi connectivity index (χ4n) is 2.47. The zero-order valence-electron chi connectivity index (χ0n) is 11.3. The maximum atomic E-state index is 13.3. The van der Waals surface area contributed by atoms with Crippen LogP contribution in [0.5, 0.6) is 0 Å². The predicted octanol–water partition coefficient (Wildman–Crippen LogP) is 4.52. The van der Waals surface area contributed by atoms with Gasteiger partial charge in [-0.25, -0.2) is 9.37 Å². The van der Waals surface area contributed by atoms with E-state index in [9.17, 15) is 4.39 Å². The summed E-state index contributed by atoms with van der Waals surface area (Å²) in [5, 5.41) is 0. The second-order valence-electron chi connectivity index (χ2n) is 4.92. The number of halogens is 2. The number of aromatic nitrogens is 2. The monoisotopic (exact) mass is 288 g/mol. The lowest BCUT2D eigenvalue weighted by atomic mass is 10.1. The molecule has 0 amide bonds. The highest BCUT2D eigenvalue weighted by Gasteiger charge is 2.13. The van der Waals surface area contributed by atoms with Gasteiger partial charge in [-0.3, -0.25) is 4.57 Å². The minimum atomic E-state index is -0.237. The molecule has 0 N–H and O–H groups in total. The molecule has 0 aliphatic rings. The van der Waals surface area contributed by atoms with Gasteiger partial charge < -0.3 is 0 Å². The summed E-state index contributed by atoms with van der Waals surface area (Å²) in [6, 6.07) is 10.8. The van der Waals surface area contributed by atoms with Gasteiger partial charge in [0.1, 0.15) is 11.6 Å². The molecule has 20 heavy (non-hydrogen) atoms. The molecule has 2 aromatic carbocycles. The lowest BCUT2D eigenvalue weighted by molar-refractivity contribution is 0.626. The molecule has 3 aromatic rings. The third-order valence-corrected chi connectivity index (χ3v) is 3.64. The van der Waals surface area contributed by atoms with Crippen LogP contribution in [0.2, 0.25) is 0 Å². The van der Waals surface area contributed by atoms with E-state index in [2.05, 4.69) is 4.98 Å². The van der Waals surface area contributed by atoms with Crippen molar-refractivity contribution in [2.45, 2.75) is 19.7 Å². The highest BCUT2D eigenvalue weighted by molar-refractivity contribution is 6.17. The number of aryl methyl sites for hydroxylation is 2. The van der Waals surface area contributed by atoms with Gasteiger partial charge in [-0.2, -0.15) is 0 Å². The summed E-state index contributed by atoms with van der Waals surface area (Å²) in [4.78, 5) is 4.57. The topological polar surface area (TPSA) is 17.8 Å². The number of hydrogen-bond acceptors (Lipinski definition) is 1. The Morgan fingerprint density at radius 2 is 1.95 bits per heavy atom. The molecule has 0 atom stereocenters. The first-order valence-electron chi connectivity index (χ1n) is 6.40. The van der Waals surface area contributed by atoms with Crippen molar-refractivity contribution in [3.63, 3.8) is 0 Å². The quantitative estimate of drug-likeness (QED) is 0.634. The maximum Gasteiger partial charge on any atom is 0.129 e. The lowest BCUT2D eigenvalue weighted by Crippen LogP contribution is -2.01. The summed E-state index contributed by atoms with van der Waals surface area (Å²) < 4.78 is 15.3. The molecule has 0 saturated heterocycles. The minimum Gasteiger partial charge on any atom is -0.295 e. The molecular formula is C16H14ClFN2. The molecule has 0 fully saturated rings. The Kier molecular flexibility index (Phi) is 3.22. The van der Waals surface area contributed by atoms with Gasteiger partial charge in [0, 0.05) is 0 Å². The summed E-state index contributed by atoms with van der Waals surface area (Å²) in [5.41, 5.74) is 4.81. The van der Waals surface area contributed by atoms with Crippen LogP contribution < -0.4 is 0 Å². The Morgan fingerprint density at radius 1 is 1.15 bits per heavy atom. The van der Waals surface area contributed by atoms with Crippen LogP contribution in [0.3, 0.4) is 0 Å². The molecule has 0 aliphatic heterocycles. The number of benzene rings is 2. The molecule has 3 rings (SSSR count). The summed E-state index contributed by atoms with van der Waals surface area (Å²) in [7, 11) is 0. The number of nitrogens with zero attached hydrogens (tertiary/aromatic N) is 2. The van der Waals surface area contributed by atoms with Crippen molar-refractivity contribution in [1.29, 1.82) is 0 Å². The van der Waals surface area contributed by atoms with Crippen molar-refractivity contribution in [3.05, 3.63) is 59.2 Å². The van der Waals surface area contributed by atoms with E-state index in [1.807, 2.05) is 36.6 Å². The van der Waals surface area contributed by atoms with Crippen LogP contribution >= 0.6 is 11.6 Å². The molecule has 0 spiro atoms. The van der Waals surface area contributed by atoms with Gasteiger partial charge in [0.15, 0.2) is 0 Å². The van der Waals surface area contributed by atoms with Crippen LogP contribution in [0, 0.1) is 19.7 Å². The standard InChI is InChI=1S/C16H14ClFN2/c1-10-3-5-15-13(7-10)19-16(9-17)20(15)14-6-4-12(18)8-11(14)2/h3-8H,9H2,1-2H3. The van der Waals surface area contributed by atoms with Crippen molar-refractivity contribution in [1.82, 2.24) is 9.55 Å². The molecule has 2 nitrogen and oxygen atoms in total. The third-order valence-electron chi connectivity index (χ3n) is 3.40. The second-order valence-corrected chi connectivity index (χ2v) is 5.19. The first-order valence-corrected chi connectivity index (χ1v) is 6.94. The van der Waals surface area contributed by atoms with E-state index in [1.165, 1.54) is 12.1 Å². The molecule has 1 heterocycles. The predicted molar refractivity (Wildman–Crippen MR) is 80.1 cm³/mol. The van der Waals surface area contributed by atoms with E-state index in [0.717, 1.165) is 33.7 Å². The number of hydrogen-bond donors (Lipinski definition) is 0. The second kappa shape index (κ2) is 4.91. The Morgan fingerprint density at radius 3 is 2.65 bits per heavy atom. The van der Waals surface area contributed by atoms with Crippen LogP contribution in [-0.2, 0) is 5.88 Å². The first-order chi connectivity index (χ1) is 9.60. The van der Waals surface area contributed by atoms with E-state index in [-0.39, 0.29) is 5.82 Å². The normalized spacial score (nSPS) is 11.2. The van der Waals surface area contributed by atoms with Crippen LogP contribution in [0.4, 0.5) is 4.39 Å². The van der Waals surface area contributed by atoms with Crippen molar-refractivity contribution < 1.29 is 4.39 Å². The van der Waals surface area contributed by atoms with Crippen LogP contribution in [-0.4, -0.2) is 9.55 Å². The third kappa shape index (κ3) is 2.08. The maximum absolute atomic E-state index is 13.3. The zero-order chi connectivity index (χ0) is 14.3. The molecule has 102 valence electrons. The van der Waals surface area contributed by atoms with E-state index >= 15 is 0 Å². The molecule has 0 aliphatic carbocycles. The van der Waals surface area contributed by atoms with E-state index < -0.39 is 0 Å². The number of imidazole rings is 1. The van der Waals surface area contributed by atoms with Crippen molar-refractivity contribution >= 4 is 22.6 Å². The molecular weight excluding hydrogens is 275 g/mol. The van der Waals surface area contributed by atoms with Gasteiger partial charge in [0.05, 0.1) is 22.6 Å². The van der Waals surface area contributed by atoms with Crippen LogP contribution in [0.1, 0.15) is 17.0 Å². The molecule has 1 aromatic heterocycles. The molecule has 4 heteroatoms. The molecule has 0 bridgehead atoms. The van der Waals surface area contributed by atoms with Gasteiger partial charge in [0.25, 0.3) is 0 Å². The van der Waals surface area contributed by atoms with Crippen LogP contribution in [0.25, 0.3) is 16.7 Å². The molecule has 0 unspecified atom stereocenters. The molecule has 0 radical (unpaired) electrons. The summed E-state index contributed by atoms with van der Waals surface area (Å²) in [6.45, 7) is 3.92. The number of alkyl halides is 1. The van der Waals surface area contributed by atoms with Crippen molar-refractivity contribution in [2.24, 2.45) is 0 Å². The van der Waals surface area contributed by atoms with Crippen molar-refractivity contribution in [2.75, 3.05) is 0 Å². The zero-order valence-corrected chi connectivity index (χ0v) is 12.1. The Labute approximate surface area is 121 Å². The highest BCUT2D eigenvalue weighted by atomic mass is 35.5. The van der Waals surface area contributed by atoms with Gasteiger partial charge in [-0.1, -0.05) is 6.07 Å². The number of rotatable bonds is 2. The van der Waals surface area contributed by atoms with E-state index in [1.54, 1.807) is 6.07 Å². The summed E-state index contributed by atoms with van der Waals surface area (Å²) in [5.74, 6) is 0.839. The average molecular weight is 289 g/mol. The number of fused-ring (bicyclic) bond motifs is 1. The summed E-state index contributed by atoms with van der Waals surface area (Å²) >= 11 is 6.02. The average Bonchev–Trinajstić information content (AvgIpc) is 2.76. The minimum absolute atomic E-state index is 0.237. The Balaban J connectivity index is 2.34. The van der Waals surface area contributed by atoms with Crippen molar-refractivity contribution in [3.8, 4) is 5.69 Å². The molecule has 0 saturated carbocycles. The largest absolute Gasteiger partial charge is 0.295 e. The fourth-order valence-corrected chi connectivity index (χ4v) is 2.65. The highest BCUT2D eigenvalue weighted by Crippen LogP contribution is 2.25. The SMILES string of the molecule is Cc1ccc2c(c1)nc(CCl)n2-c1ccc(F)cc1C. The first kappa shape index (κ1) is 13.1. The van der Waals surface area contributed by atoms with E-state index in [0.29, 0.717) is 5.88 Å². The summed E-state index contributed by atoms with van der Waals surface area (Å²) in [6.07, 6.45) is 0. The van der Waals surface area contributed by atoms with Gasteiger partial charge >= 0.3 is 0 Å². The Hall–Kier alpha value is -1.87. The van der Waals surface area contributed by atoms with E-state index in [4.69, 9.17) is 11.6 Å². The lowest BCUT2D eigenvalue weighted by Gasteiger charge is -2.11. The van der Waals surface area contributed by atoms with Crippen LogP contribution in [0.15, 0.2) is 36.4 Å². The smallest absolute Gasteiger partial charge is 0.129 e. The van der Waals surface area contributed by atoms with Gasteiger partial charge in [0.2, 0.25) is 0 Å². The fraction of sp³-hybridized carbons (Fsp3) is 0.188. The van der Waals surface area contributed by atoms with Gasteiger partial charge in [-0.05, 0) is 55.3 Å². The van der Waals surface area contributed by atoms with Gasteiger partial charge in [-0.15, -0.1) is 11.6 Å².